The Morgan fingerprint density at radius 2 is 1.70 bits per heavy atom. The molecule has 2 aromatic heterocycles. The van der Waals surface area contributed by atoms with Gasteiger partial charge in [-0.3, -0.25) is 19.4 Å². The summed E-state index contributed by atoms with van der Waals surface area (Å²) in [6.45, 7) is 0.413. The highest BCUT2D eigenvalue weighted by molar-refractivity contribution is 6.30. The number of benzene rings is 2. The van der Waals surface area contributed by atoms with E-state index in [-0.39, 0.29) is 43.2 Å². The second-order valence-corrected chi connectivity index (χ2v) is 7.96. The molecule has 7 nitrogen and oxygen atoms in total. The summed E-state index contributed by atoms with van der Waals surface area (Å²) >= 11 is 5.85. The molecular weight excluding hydrogens is 440 g/mol. The number of amides is 1. The van der Waals surface area contributed by atoms with Gasteiger partial charge in [-0.2, -0.15) is 5.10 Å². The molecule has 33 heavy (non-hydrogen) atoms. The third-order valence-electron chi connectivity index (χ3n) is 5.20. The molecule has 2 heterocycles. The molecule has 0 fully saturated rings. The zero-order valence-corrected chi connectivity index (χ0v) is 18.5. The maximum Gasteiger partial charge on any atom is 0.274 e. The summed E-state index contributed by atoms with van der Waals surface area (Å²) in [5, 5.41) is 9.08. The molecule has 0 aliphatic heterocycles. The molecule has 0 saturated carbocycles. The minimum Gasteiger partial charge on any atom is -0.350 e. The summed E-state index contributed by atoms with van der Waals surface area (Å²) in [4.78, 5) is 41.7. The van der Waals surface area contributed by atoms with Gasteiger partial charge in [0.15, 0.2) is 5.78 Å². The second kappa shape index (κ2) is 10.2. The van der Waals surface area contributed by atoms with Gasteiger partial charge in [0.1, 0.15) is 0 Å². The van der Waals surface area contributed by atoms with E-state index in [1.807, 2.05) is 18.2 Å². The molecule has 4 rings (SSSR count). The fourth-order valence-corrected chi connectivity index (χ4v) is 3.61. The predicted molar refractivity (Wildman–Crippen MR) is 126 cm³/mol. The van der Waals surface area contributed by atoms with Crippen molar-refractivity contribution in [3.8, 4) is 0 Å². The van der Waals surface area contributed by atoms with Crippen LogP contribution in [-0.2, 0) is 17.9 Å². The van der Waals surface area contributed by atoms with E-state index in [0.29, 0.717) is 27.1 Å². The Kier molecular flexibility index (Phi) is 6.90. The highest BCUT2D eigenvalue weighted by Gasteiger charge is 2.13. The Hall–Kier alpha value is -3.84. The lowest BCUT2D eigenvalue weighted by molar-refractivity contribution is -0.121. The van der Waals surface area contributed by atoms with E-state index < -0.39 is 0 Å². The molecule has 0 spiro atoms. The van der Waals surface area contributed by atoms with Gasteiger partial charge in [0.05, 0.1) is 24.2 Å². The van der Waals surface area contributed by atoms with Gasteiger partial charge in [-0.1, -0.05) is 35.9 Å². The first kappa shape index (κ1) is 22.4. The topological polar surface area (TPSA) is 93.9 Å². The van der Waals surface area contributed by atoms with Crippen LogP contribution in [0.3, 0.4) is 0 Å². The Morgan fingerprint density at radius 1 is 0.939 bits per heavy atom. The van der Waals surface area contributed by atoms with E-state index in [1.165, 1.54) is 4.68 Å². The van der Waals surface area contributed by atoms with Crippen molar-refractivity contribution in [3.63, 3.8) is 0 Å². The van der Waals surface area contributed by atoms with Crippen LogP contribution in [0.1, 0.15) is 34.5 Å². The number of rotatable bonds is 8. The Bertz CT molecular complexity index is 1350. The number of hydrogen-bond acceptors (Lipinski definition) is 5. The van der Waals surface area contributed by atoms with Crippen LogP contribution in [0.25, 0.3) is 10.8 Å². The molecule has 0 saturated heterocycles. The Labute approximate surface area is 195 Å². The van der Waals surface area contributed by atoms with Crippen molar-refractivity contribution in [2.75, 3.05) is 0 Å². The smallest absolute Gasteiger partial charge is 0.274 e. The number of pyridine rings is 1. The third-order valence-corrected chi connectivity index (χ3v) is 5.45. The SMILES string of the molecule is O=C(CCC(=O)c1ccc(Cl)cc1)NCc1nn(Cc2cccnc2)c(=O)c2ccccc12. The minimum atomic E-state index is -0.270. The minimum absolute atomic E-state index is 0.0503. The number of fused-ring (bicyclic) bond motifs is 1. The fraction of sp³-hybridized carbons (Fsp3) is 0.160. The first-order valence-electron chi connectivity index (χ1n) is 10.4. The standard InChI is InChI=1S/C25H21ClN4O3/c26-19-9-7-18(8-10-19)23(31)11-12-24(32)28-15-22-20-5-1-2-6-21(20)25(33)30(29-22)16-17-4-3-13-27-14-17/h1-10,13-14H,11-12,15-16H2,(H,28,32). The van der Waals surface area contributed by atoms with Gasteiger partial charge in [0, 0.05) is 41.2 Å². The Balaban J connectivity index is 1.46. The number of nitrogens with zero attached hydrogens (tertiary/aromatic N) is 3. The third kappa shape index (κ3) is 5.51. The molecule has 2 aromatic carbocycles. The van der Waals surface area contributed by atoms with Crippen LogP contribution in [0.4, 0.5) is 0 Å². The Morgan fingerprint density at radius 3 is 2.42 bits per heavy atom. The number of aromatic nitrogens is 3. The quantitative estimate of drug-likeness (QED) is 0.404. The average Bonchev–Trinajstić information content (AvgIpc) is 2.84. The van der Waals surface area contributed by atoms with Gasteiger partial charge in [-0.15, -0.1) is 0 Å². The van der Waals surface area contributed by atoms with E-state index in [0.717, 1.165) is 5.56 Å². The van der Waals surface area contributed by atoms with Crippen molar-refractivity contribution in [1.29, 1.82) is 0 Å². The van der Waals surface area contributed by atoms with Crippen LogP contribution in [0.5, 0.6) is 0 Å². The molecule has 0 bridgehead atoms. The molecule has 0 radical (unpaired) electrons. The van der Waals surface area contributed by atoms with Crippen molar-refractivity contribution >= 4 is 34.1 Å². The van der Waals surface area contributed by atoms with Gasteiger partial charge >= 0.3 is 0 Å². The zero-order valence-electron chi connectivity index (χ0n) is 17.7. The number of carbonyl (C=O) groups is 2. The summed E-state index contributed by atoms with van der Waals surface area (Å²) in [6.07, 6.45) is 3.48. The number of halogens is 1. The van der Waals surface area contributed by atoms with Crippen molar-refractivity contribution in [2.24, 2.45) is 0 Å². The monoisotopic (exact) mass is 460 g/mol. The van der Waals surface area contributed by atoms with Crippen LogP contribution >= 0.6 is 11.6 Å². The molecule has 0 aliphatic carbocycles. The van der Waals surface area contributed by atoms with Crippen molar-refractivity contribution in [2.45, 2.75) is 25.9 Å². The number of carbonyl (C=O) groups excluding carboxylic acids is 2. The molecule has 166 valence electrons. The largest absolute Gasteiger partial charge is 0.350 e. The van der Waals surface area contributed by atoms with E-state index in [2.05, 4.69) is 15.4 Å². The van der Waals surface area contributed by atoms with Crippen LogP contribution < -0.4 is 10.9 Å². The molecule has 8 heteroatoms. The average molecular weight is 461 g/mol. The zero-order chi connectivity index (χ0) is 23.2. The lowest BCUT2D eigenvalue weighted by Gasteiger charge is -2.12. The number of nitrogens with one attached hydrogen (secondary N) is 1. The summed E-state index contributed by atoms with van der Waals surface area (Å²) in [5.41, 5.74) is 1.73. The van der Waals surface area contributed by atoms with E-state index in [9.17, 15) is 14.4 Å². The van der Waals surface area contributed by atoms with Crippen molar-refractivity contribution in [1.82, 2.24) is 20.1 Å². The van der Waals surface area contributed by atoms with Crippen molar-refractivity contribution < 1.29 is 9.59 Å². The highest BCUT2D eigenvalue weighted by Crippen LogP contribution is 2.15. The molecule has 0 atom stereocenters. The van der Waals surface area contributed by atoms with Gasteiger partial charge in [0.25, 0.3) is 5.56 Å². The van der Waals surface area contributed by atoms with Gasteiger partial charge in [-0.05, 0) is 42.0 Å². The van der Waals surface area contributed by atoms with Gasteiger partial charge < -0.3 is 5.32 Å². The predicted octanol–water partition coefficient (Wildman–Crippen LogP) is 3.77. The van der Waals surface area contributed by atoms with Gasteiger partial charge in [0.2, 0.25) is 5.91 Å². The summed E-state index contributed by atoms with van der Waals surface area (Å²) in [6, 6.07) is 17.4. The molecule has 4 aromatic rings. The van der Waals surface area contributed by atoms with Gasteiger partial charge in [-0.25, -0.2) is 4.68 Å². The second-order valence-electron chi connectivity index (χ2n) is 7.52. The first-order valence-corrected chi connectivity index (χ1v) is 10.8. The number of hydrogen-bond donors (Lipinski definition) is 1. The lowest BCUT2D eigenvalue weighted by Crippen LogP contribution is -2.29. The van der Waals surface area contributed by atoms with Crippen LogP contribution in [0.2, 0.25) is 5.02 Å². The van der Waals surface area contributed by atoms with E-state index in [1.54, 1.807) is 54.9 Å². The highest BCUT2D eigenvalue weighted by atomic mass is 35.5. The number of ketones is 1. The first-order chi connectivity index (χ1) is 16.0. The fourth-order valence-electron chi connectivity index (χ4n) is 3.49. The van der Waals surface area contributed by atoms with Crippen LogP contribution in [-0.4, -0.2) is 26.5 Å². The normalized spacial score (nSPS) is 10.8. The molecule has 0 aliphatic rings. The summed E-state index contributed by atoms with van der Waals surface area (Å²) in [5.74, 6) is -0.399. The van der Waals surface area contributed by atoms with E-state index in [4.69, 9.17) is 11.6 Å². The summed E-state index contributed by atoms with van der Waals surface area (Å²) in [7, 11) is 0. The molecule has 1 amide bonds. The molecular formula is C25H21ClN4O3. The molecule has 1 N–H and O–H groups in total. The summed E-state index contributed by atoms with van der Waals surface area (Å²) < 4.78 is 1.38. The lowest BCUT2D eigenvalue weighted by atomic mass is 10.1. The van der Waals surface area contributed by atoms with Crippen molar-refractivity contribution in [3.05, 3.63) is 105 Å². The number of Topliss-reactive ketones (excluding diaryl/α,β-unsaturated/α-hetero) is 1. The maximum atomic E-state index is 12.9. The van der Waals surface area contributed by atoms with Crippen LogP contribution in [0.15, 0.2) is 77.9 Å². The van der Waals surface area contributed by atoms with E-state index >= 15 is 0 Å². The maximum absolute atomic E-state index is 12.9. The molecule has 0 unspecified atom stereocenters. The van der Waals surface area contributed by atoms with Crippen LogP contribution in [0, 0.1) is 0 Å².